The van der Waals surface area contributed by atoms with Crippen LogP contribution in [-0.2, 0) is 5.75 Å². The zero-order valence-corrected chi connectivity index (χ0v) is 9.03. The van der Waals surface area contributed by atoms with E-state index in [0.29, 0.717) is 0 Å². The Labute approximate surface area is 80.2 Å². The zero-order valence-electron chi connectivity index (χ0n) is 6.58. The van der Waals surface area contributed by atoms with Crippen LogP contribution in [-0.4, -0.2) is 5.75 Å². The van der Waals surface area contributed by atoms with E-state index < -0.39 is 0 Å². The molecule has 0 spiro atoms. The summed E-state index contributed by atoms with van der Waals surface area (Å²) >= 11 is 1.85. The van der Waals surface area contributed by atoms with Gasteiger partial charge in [-0.25, -0.2) is 0 Å². The van der Waals surface area contributed by atoms with Crippen molar-refractivity contribution < 1.29 is 0 Å². The van der Waals surface area contributed by atoms with Crippen molar-refractivity contribution in [2.24, 2.45) is 0 Å². The summed E-state index contributed by atoms with van der Waals surface area (Å²) in [6.45, 7) is 2.22. The lowest BCUT2D eigenvalue weighted by Gasteiger charge is -1.95. The summed E-state index contributed by atoms with van der Waals surface area (Å²) in [5.74, 6) is 2.44. The quantitative estimate of drug-likeness (QED) is 0.524. The van der Waals surface area contributed by atoms with Crippen molar-refractivity contribution in [3.63, 3.8) is 0 Å². The maximum Gasteiger partial charge on any atom is 0.0383 e. The topological polar surface area (TPSA) is 0 Å². The van der Waals surface area contributed by atoms with Crippen molar-refractivity contribution in [3.8, 4) is 0 Å². The molecule has 0 aliphatic rings. The van der Waals surface area contributed by atoms with Crippen LogP contribution in [0.5, 0.6) is 0 Å². The van der Waals surface area contributed by atoms with Gasteiger partial charge in [0.05, 0.1) is 0 Å². The maximum absolute atomic E-state index is 2.22. The monoisotopic (exact) mass is 204 g/mol. The molecule has 0 saturated heterocycles. The molecule has 1 aromatic heterocycles. The van der Waals surface area contributed by atoms with Crippen LogP contribution in [0.1, 0.15) is 18.2 Å². The lowest BCUT2D eigenvalue weighted by atomic mass is 10.5. The van der Waals surface area contributed by atoms with Gasteiger partial charge in [-0.15, -0.1) is 11.3 Å². The van der Waals surface area contributed by atoms with E-state index in [0.717, 1.165) is 0 Å². The molecule has 62 valence electrons. The molecule has 3 heteroatoms. The molecule has 0 unspecified atom stereocenters. The van der Waals surface area contributed by atoms with Gasteiger partial charge in [0.1, 0.15) is 0 Å². The fourth-order valence-electron chi connectivity index (χ4n) is 0.637. The molecular weight excluding hydrogens is 192 g/mol. The molecule has 0 aliphatic heterocycles. The number of hydrogen-bond donors (Lipinski definition) is 0. The van der Waals surface area contributed by atoms with Gasteiger partial charge in [-0.3, -0.25) is 0 Å². The first-order chi connectivity index (χ1) is 5.43. The van der Waals surface area contributed by atoms with Crippen molar-refractivity contribution in [1.29, 1.82) is 0 Å². The van der Waals surface area contributed by atoms with Gasteiger partial charge in [0.15, 0.2) is 0 Å². The Morgan fingerprint density at radius 2 is 2.36 bits per heavy atom. The average molecular weight is 204 g/mol. The third-order valence-electron chi connectivity index (χ3n) is 1.15. The molecule has 0 aromatic carbocycles. The van der Waals surface area contributed by atoms with Crippen LogP contribution in [0.25, 0.3) is 0 Å². The highest BCUT2D eigenvalue weighted by molar-refractivity contribution is 8.76. The van der Waals surface area contributed by atoms with Crippen molar-refractivity contribution in [2.45, 2.75) is 19.1 Å². The summed E-state index contributed by atoms with van der Waals surface area (Å²) in [7, 11) is 3.94. The fourth-order valence-corrected chi connectivity index (χ4v) is 3.86. The van der Waals surface area contributed by atoms with E-state index in [1.165, 1.54) is 22.8 Å². The van der Waals surface area contributed by atoms with E-state index in [1.54, 1.807) is 0 Å². The summed E-state index contributed by atoms with van der Waals surface area (Å²) in [6, 6.07) is 4.31. The van der Waals surface area contributed by atoms with Crippen LogP contribution in [0.4, 0.5) is 0 Å². The predicted molar refractivity (Wildman–Crippen MR) is 58.4 cm³/mol. The van der Waals surface area contributed by atoms with Crippen molar-refractivity contribution in [1.82, 2.24) is 0 Å². The standard InChI is InChI=1S/C8H12S3/c1-2-5-10-11-7-8-4-3-6-9-8/h3-4,6H,2,5,7H2,1H3. The van der Waals surface area contributed by atoms with E-state index in [2.05, 4.69) is 24.4 Å². The Balaban J connectivity index is 2.04. The first-order valence-electron chi connectivity index (χ1n) is 3.70. The van der Waals surface area contributed by atoms with Gasteiger partial charge < -0.3 is 0 Å². The van der Waals surface area contributed by atoms with Gasteiger partial charge in [-0.1, -0.05) is 34.6 Å². The second kappa shape index (κ2) is 5.98. The van der Waals surface area contributed by atoms with Gasteiger partial charge in [0.25, 0.3) is 0 Å². The molecule has 11 heavy (non-hydrogen) atoms. The van der Waals surface area contributed by atoms with Crippen molar-refractivity contribution in [3.05, 3.63) is 22.4 Å². The number of hydrogen-bond acceptors (Lipinski definition) is 3. The van der Waals surface area contributed by atoms with Crippen molar-refractivity contribution in [2.75, 3.05) is 5.75 Å². The molecule has 0 N–H and O–H groups in total. The summed E-state index contributed by atoms with van der Waals surface area (Å²) in [6.07, 6.45) is 1.28. The lowest BCUT2D eigenvalue weighted by Crippen LogP contribution is -1.70. The molecule has 0 bridgehead atoms. The molecule has 0 atom stereocenters. The minimum absolute atomic E-state index is 1.17. The molecule has 0 fully saturated rings. The molecule has 0 saturated carbocycles. The third-order valence-corrected chi connectivity index (χ3v) is 4.74. The second-order valence-corrected chi connectivity index (χ2v) is 5.78. The SMILES string of the molecule is CCCSSCc1cccs1. The summed E-state index contributed by atoms with van der Waals surface area (Å²) in [4.78, 5) is 1.48. The minimum Gasteiger partial charge on any atom is -0.148 e. The summed E-state index contributed by atoms with van der Waals surface area (Å²) in [5, 5.41) is 2.14. The highest BCUT2D eigenvalue weighted by Gasteiger charge is 1.93. The minimum atomic E-state index is 1.17. The van der Waals surface area contributed by atoms with Crippen molar-refractivity contribution >= 4 is 32.9 Å². The van der Waals surface area contributed by atoms with Crippen LogP contribution in [0.15, 0.2) is 17.5 Å². The van der Waals surface area contributed by atoms with Crippen LogP contribution in [0.2, 0.25) is 0 Å². The first-order valence-corrected chi connectivity index (χ1v) is 7.07. The lowest BCUT2D eigenvalue weighted by molar-refractivity contribution is 1.11. The molecule has 1 aromatic rings. The van der Waals surface area contributed by atoms with Crippen LogP contribution >= 0.6 is 32.9 Å². The Morgan fingerprint density at radius 3 is 3.00 bits per heavy atom. The van der Waals surface area contributed by atoms with E-state index in [-0.39, 0.29) is 0 Å². The molecule has 0 nitrogen and oxygen atoms in total. The first kappa shape index (κ1) is 9.49. The predicted octanol–water partition coefficient (Wildman–Crippen LogP) is 4.04. The van der Waals surface area contributed by atoms with Crippen LogP contribution < -0.4 is 0 Å². The Morgan fingerprint density at radius 1 is 1.45 bits per heavy atom. The van der Waals surface area contributed by atoms with E-state index in [1.807, 2.05) is 32.9 Å². The Bertz CT molecular complexity index is 169. The van der Waals surface area contributed by atoms with Crippen LogP contribution in [0.3, 0.4) is 0 Å². The zero-order chi connectivity index (χ0) is 7.94. The van der Waals surface area contributed by atoms with Gasteiger partial charge in [-0.05, 0) is 17.9 Å². The second-order valence-electron chi connectivity index (χ2n) is 2.16. The molecule has 0 aliphatic carbocycles. The van der Waals surface area contributed by atoms with E-state index >= 15 is 0 Å². The smallest absolute Gasteiger partial charge is 0.0383 e. The largest absolute Gasteiger partial charge is 0.148 e. The highest BCUT2D eigenvalue weighted by Crippen LogP contribution is 2.27. The van der Waals surface area contributed by atoms with Gasteiger partial charge in [0, 0.05) is 16.4 Å². The summed E-state index contributed by atoms with van der Waals surface area (Å²) in [5.41, 5.74) is 0. The fraction of sp³-hybridized carbons (Fsp3) is 0.500. The maximum atomic E-state index is 2.22. The average Bonchev–Trinajstić information content (AvgIpc) is 2.50. The van der Waals surface area contributed by atoms with Crippen LogP contribution in [0, 0.1) is 0 Å². The molecule has 0 radical (unpaired) electrons. The highest BCUT2D eigenvalue weighted by atomic mass is 33.1. The van der Waals surface area contributed by atoms with Gasteiger partial charge >= 0.3 is 0 Å². The molecule has 0 amide bonds. The molecule has 1 rings (SSSR count). The third kappa shape index (κ3) is 4.09. The van der Waals surface area contributed by atoms with E-state index in [9.17, 15) is 0 Å². The molecule has 1 heterocycles. The normalized spacial score (nSPS) is 10.3. The van der Waals surface area contributed by atoms with Gasteiger partial charge in [0.2, 0.25) is 0 Å². The Kier molecular flexibility index (Phi) is 5.15. The molecular formula is C8H12S3. The number of rotatable bonds is 5. The van der Waals surface area contributed by atoms with E-state index in [4.69, 9.17) is 0 Å². The number of thiophene rings is 1. The van der Waals surface area contributed by atoms with Gasteiger partial charge in [-0.2, -0.15) is 0 Å². The Hall–Kier alpha value is 0.400. The summed E-state index contributed by atoms with van der Waals surface area (Å²) < 4.78 is 0.